The molecule has 0 aliphatic heterocycles. The second-order valence-corrected chi connectivity index (χ2v) is 4.93. The van der Waals surface area contributed by atoms with Gasteiger partial charge in [0, 0.05) is 11.7 Å². The van der Waals surface area contributed by atoms with Gasteiger partial charge < -0.3 is 10.6 Å². The van der Waals surface area contributed by atoms with Crippen molar-refractivity contribution in [1.29, 1.82) is 0 Å². The summed E-state index contributed by atoms with van der Waals surface area (Å²) in [6.45, 7) is 4.42. The van der Waals surface area contributed by atoms with Crippen LogP contribution >= 0.6 is 0 Å². The molecular weight excluding hydrogens is 248 g/mol. The van der Waals surface area contributed by atoms with Gasteiger partial charge in [0.1, 0.15) is 0 Å². The van der Waals surface area contributed by atoms with Crippen LogP contribution in [0.2, 0.25) is 0 Å². The maximum atomic E-state index is 11.8. The molecule has 0 radical (unpaired) electrons. The molecule has 2 aromatic carbocycles. The third-order valence-electron chi connectivity index (χ3n) is 3.20. The largest absolute Gasteiger partial charge is 0.325 e. The topological polar surface area (TPSA) is 41.1 Å². The molecule has 0 fully saturated rings. The number of hydrogen-bond acceptors (Lipinski definition) is 2. The number of hydrogen-bond donors (Lipinski definition) is 2. The molecule has 0 heterocycles. The molecule has 1 atom stereocenters. The summed E-state index contributed by atoms with van der Waals surface area (Å²) in [5.74, 6) is -0.0323. The van der Waals surface area contributed by atoms with Crippen LogP contribution in [0.4, 0.5) is 5.69 Å². The van der Waals surface area contributed by atoms with E-state index in [2.05, 4.69) is 48.7 Å². The third-order valence-corrected chi connectivity index (χ3v) is 3.20. The first-order chi connectivity index (χ1) is 9.65. The van der Waals surface area contributed by atoms with Crippen molar-refractivity contribution in [2.45, 2.75) is 19.9 Å². The number of nitrogens with one attached hydrogen (secondary N) is 2. The zero-order valence-corrected chi connectivity index (χ0v) is 11.9. The third kappa shape index (κ3) is 4.21. The molecule has 2 rings (SSSR count). The summed E-state index contributed by atoms with van der Waals surface area (Å²) in [4.78, 5) is 11.8. The number of carbonyl (C=O) groups is 1. The zero-order valence-electron chi connectivity index (χ0n) is 11.9. The Bertz CT molecular complexity index is 549. The predicted octanol–water partition coefficient (Wildman–Crippen LogP) is 3.28. The van der Waals surface area contributed by atoms with Crippen molar-refractivity contribution in [3.05, 3.63) is 65.7 Å². The van der Waals surface area contributed by atoms with Crippen molar-refractivity contribution in [2.75, 3.05) is 11.9 Å². The van der Waals surface area contributed by atoms with E-state index in [0.717, 1.165) is 5.69 Å². The Balaban J connectivity index is 1.82. The molecule has 1 amide bonds. The van der Waals surface area contributed by atoms with Gasteiger partial charge in [-0.15, -0.1) is 0 Å². The van der Waals surface area contributed by atoms with E-state index in [1.807, 2.05) is 30.3 Å². The van der Waals surface area contributed by atoms with E-state index >= 15 is 0 Å². The molecule has 0 saturated carbocycles. The highest BCUT2D eigenvalue weighted by Crippen LogP contribution is 2.12. The van der Waals surface area contributed by atoms with Gasteiger partial charge in [0.25, 0.3) is 0 Å². The number of para-hydroxylation sites is 1. The first-order valence-electron chi connectivity index (χ1n) is 6.80. The number of aryl methyl sites for hydroxylation is 1. The molecule has 0 saturated heterocycles. The molecule has 104 valence electrons. The Morgan fingerprint density at radius 2 is 1.70 bits per heavy atom. The van der Waals surface area contributed by atoms with E-state index in [9.17, 15) is 4.79 Å². The van der Waals surface area contributed by atoms with Gasteiger partial charge in [0.05, 0.1) is 6.54 Å². The molecule has 0 aromatic heterocycles. The summed E-state index contributed by atoms with van der Waals surface area (Å²) in [5.41, 5.74) is 3.24. The number of anilines is 1. The summed E-state index contributed by atoms with van der Waals surface area (Å²) >= 11 is 0. The molecule has 0 aliphatic rings. The minimum Gasteiger partial charge on any atom is -0.325 e. The lowest BCUT2D eigenvalue weighted by Crippen LogP contribution is -2.30. The molecule has 3 nitrogen and oxygen atoms in total. The first-order valence-corrected chi connectivity index (χ1v) is 6.80. The van der Waals surface area contributed by atoms with Crippen LogP contribution in [0, 0.1) is 6.92 Å². The number of amides is 1. The molecule has 20 heavy (non-hydrogen) atoms. The second-order valence-electron chi connectivity index (χ2n) is 4.93. The van der Waals surface area contributed by atoms with E-state index in [4.69, 9.17) is 0 Å². The van der Waals surface area contributed by atoms with Gasteiger partial charge in [0.15, 0.2) is 0 Å². The highest BCUT2D eigenvalue weighted by Gasteiger charge is 2.07. The monoisotopic (exact) mass is 268 g/mol. The number of rotatable bonds is 5. The number of carbonyl (C=O) groups excluding carboxylic acids is 1. The van der Waals surface area contributed by atoms with Gasteiger partial charge in [-0.25, -0.2) is 0 Å². The second kappa shape index (κ2) is 6.87. The van der Waals surface area contributed by atoms with Gasteiger partial charge in [-0.05, 0) is 31.5 Å². The van der Waals surface area contributed by atoms with Crippen molar-refractivity contribution in [2.24, 2.45) is 0 Å². The highest BCUT2D eigenvalue weighted by atomic mass is 16.1. The Labute approximate surface area is 120 Å². The van der Waals surface area contributed by atoms with Crippen LogP contribution in [0.25, 0.3) is 0 Å². The van der Waals surface area contributed by atoms with E-state index < -0.39 is 0 Å². The maximum absolute atomic E-state index is 11.8. The van der Waals surface area contributed by atoms with E-state index in [-0.39, 0.29) is 11.9 Å². The SMILES string of the molecule is Cc1ccc([C@@H](C)NCC(=O)Nc2ccccc2)cc1. The lowest BCUT2D eigenvalue weighted by atomic mass is 10.1. The molecule has 0 aliphatic carbocycles. The van der Waals surface area contributed by atoms with Gasteiger partial charge in [-0.2, -0.15) is 0 Å². The van der Waals surface area contributed by atoms with Gasteiger partial charge in [-0.1, -0.05) is 48.0 Å². The molecule has 0 unspecified atom stereocenters. The quantitative estimate of drug-likeness (QED) is 0.873. The Kier molecular flexibility index (Phi) is 4.91. The molecule has 2 aromatic rings. The maximum Gasteiger partial charge on any atom is 0.238 e. The van der Waals surface area contributed by atoms with Gasteiger partial charge in [0.2, 0.25) is 5.91 Å². The van der Waals surface area contributed by atoms with E-state index in [1.165, 1.54) is 11.1 Å². The fraction of sp³-hybridized carbons (Fsp3) is 0.235. The predicted molar refractivity (Wildman–Crippen MR) is 82.7 cm³/mol. The Morgan fingerprint density at radius 3 is 2.35 bits per heavy atom. The zero-order chi connectivity index (χ0) is 14.4. The fourth-order valence-electron chi connectivity index (χ4n) is 1.95. The average molecular weight is 268 g/mol. The van der Waals surface area contributed by atoms with Crippen molar-refractivity contribution >= 4 is 11.6 Å². The molecule has 0 spiro atoms. The van der Waals surface area contributed by atoms with E-state index in [1.54, 1.807) is 0 Å². The van der Waals surface area contributed by atoms with Gasteiger partial charge >= 0.3 is 0 Å². The van der Waals surface area contributed by atoms with Crippen LogP contribution in [0.15, 0.2) is 54.6 Å². The van der Waals surface area contributed by atoms with Crippen molar-refractivity contribution in [3.63, 3.8) is 0 Å². The minimum absolute atomic E-state index is 0.0323. The Morgan fingerprint density at radius 1 is 1.05 bits per heavy atom. The molecule has 2 N–H and O–H groups in total. The summed E-state index contributed by atoms with van der Waals surface area (Å²) in [5, 5.41) is 6.08. The number of benzene rings is 2. The average Bonchev–Trinajstić information content (AvgIpc) is 2.46. The highest BCUT2D eigenvalue weighted by molar-refractivity contribution is 5.92. The van der Waals surface area contributed by atoms with Crippen LogP contribution in [0.3, 0.4) is 0 Å². The standard InChI is InChI=1S/C17H20N2O/c1-13-8-10-15(11-9-13)14(2)18-12-17(20)19-16-6-4-3-5-7-16/h3-11,14,18H,12H2,1-2H3,(H,19,20)/t14-/m1/s1. The normalized spacial score (nSPS) is 11.9. The summed E-state index contributed by atoms with van der Waals surface area (Å²) < 4.78 is 0. The van der Waals surface area contributed by atoms with Crippen molar-refractivity contribution in [3.8, 4) is 0 Å². The van der Waals surface area contributed by atoms with Gasteiger partial charge in [-0.3, -0.25) is 4.79 Å². The molecule has 3 heteroatoms. The first kappa shape index (κ1) is 14.3. The Hall–Kier alpha value is -2.13. The summed E-state index contributed by atoms with van der Waals surface area (Å²) in [7, 11) is 0. The van der Waals surface area contributed by atoms with Crippen LogP contribution in [0.1, 0.15) is 24.1 Å². The van der Waals surface area contributed by atoms with Crippen molar-refractivity contribution < 1.29 is 4.79 Å². The van der Waals surface area contributed by atoms with E-state index in [0.29, 0.717) is 6.54 Å². The van der Waals surface area contributed by atoms with Crippen LogP contribution in [-0.2, 0) is 4.79 Å². The fourth-order valence-corrected chi connectivity index (χ4v) is 1.95. The van der Waals surface area contributed by atoms with Crippen LogP contribution < -0.4 is 10.6 Å². The lowest BCUT2D eigenvalue weighted by Gasteiger charge is -2.14. The minimum atomic E-state index is -0.0323. The lowest BCUT2D eigenvalue weighted by molar-refractivity contribution is -0.115. The van der Waals surface area contributed by atoms with Crippen molar-refractivity contribution in [1.82, 2.24) is 5.32 Å². The molecular formula is C17H20N2O. The van der Waals surface area contributed by atoms with Crippen LogP contribution in [-0.4, -0.2) is 12.5 Å². The molecule has 0 bridgehead atoms. The smallest absolute Gasteiger partial charge is 0.238 e. The summed E-state index contributed by atoms with van der Waals surface area (Å²) in [6.07, 6.45) is 0. The van der Waals surface area contributed by atoms with Crippen LogP contribution in [0.5, 0.6) is 0 Å². The summed E-state index contributed by atoms with van der Waals surface area (Å²) in [6, 6.07) is 18.0.